The maximum Gasteiger partial charge on any atom is 0.266 e. The molecule has 10 heteroatoms. The first-order valence-electron chi connectivity index (χ1n) is 28.5. The molecule has 0 spiro atoms. The molecule has 1 aliphatic rings. The van der Waals surface area contributed by atoms with E-state index in [0.717, 1.165) is 34.2 Å². The fourth-order valence-electron chi connectivity index (χ4n) is 13.2. The van der Waals surface area contributed by atoms with Gasteiger partial charge in [0.15, 0.2) is 6.29 Å². The molecule has 3 amide bonds. The van der Waals surface area contributed by atoms with Crippen LogP contribution in [0.15, 0.2) is 175 Å². The second-order valence-corrected chi connectivity index (χ2v) is 23.2. The van der Waals surface area contributed by atoms with Crippen LogP contribution in [0.2, 0.25) is 0 Å². The minimum Gasteiger partial charge on any atom is -0.456 e. The zero-order chi connectivity index (χ0) is 57.4. The van der Waals surface area contributed by atoms with Crippen LogP contribution in [-0.4, -0.2) is 31.1 Å². The average Bonchev–Trinajstić information content (AvgIpc) is 0.874. The Kier molecular flexibility index (Phi) is 11.9. The van der Waals surface area contributed by atoms with Crippen LogP contribution in [-0.2, 0) is 0 Å². The van der Waals surface area contributed by atoms with E-state index in [2.05, 4.69) is 67.5 Å². The third kappa shape index (κ3) is 7.61. The van der Waals surface area contributed by atoms with Crippen molar-refractivity contribution in [1.29, 1.82) is 0 Å². The molecule has 0 unspecified atom stereocenters. The number of aldehydes is 1. The van der Waals surface area contributed by atoms with Crippen molar-refractivity contribution in [3.63, 3.8) is 0 Å². The fourth-order valence-corrected chi connectivity index (χ4v) is 13.2. The number of nitrogens with zero attached hydrogens (tertiary/aromatic N) is 2. The molecule has 10 nitrogen and oxygen atoms in total. The number of amides is 3. The molecule has 408 valence electrons. The summed E-state index contributed by atoms with van der Waals surface area (Å²) in [5.41, 5.74) is 8.81. The van der Waals surface area contributed by atoms with Gasteiger partial charge in [0.05, 0.1) is 28.1 Å². The average molecular weight is 1090 g/mol. The molecule has 0 bridgehead atoms. The van der Waals surface area contributed by atoms with Crippen LogP contribution in [0, 0.1) is 0 Å². The second kappa shape index (κ2) is 19.2. The van der Waals surface area contributed by atoms with Gasteiger partial charge in [-0.05, 0) is 94.5 Å². The lowest BCUT2D eigenvalue weighted by atomic mass is 9.81. The molecule has 14 rings (SSSR count). The highest BCUT2D eigenvalue weighted by molar-refractivity contribution is 6.49. The number of para-hydroxylation sites is 6. The Morgan fingerprint density at radius 3 is 1.14 bits per heavy atom. The van der Waals surface area contributed by atoms with Crippen LogP contribution < -0.4 is 9.80 Å². The van der Waals surface area contributed by atoms with Gasteiger partial charge in [0.1, 0.15) is 44.7 Å². The Hall–Kier alpha value is -9.80. The molecule has 0 saturated carbocycles. The first-order chi connectivity index (χ1) is 40.1. The summed E-state index contributed by atoms with van der Waals surface area (Å²) in [6.07, 6.45) is 0.771. The van der Waals surface area contributed by atoms with E-state index in [0.29, 0.717) is 92.7 Å². The Balaban J connectivity index is 1.30. The zero-order valence-corrected chi connectivity index (χ0v) is 47.6. The Labute approximate surface area is 477 Å². The van der Waals surface area contributed by atoms with Crippen LogP contribution in [0.1, 0.15) is 143 Å². The van der Waals surface area contributed by atoms with Crippen molar-refractivity contribution >= 4 is 145 Å². The minimum atomic E-state index is -0.522. The van der Waals surface area contributed by atoms with Gasteiger partial charge in [0, 0.05) is 77.2 Å². The number of anilines is 2. The maximum absolute atomic E-state index is 16.3. The van der Waals surface area contributed by atoms with E-state index in [1.165, 1.54) is 4.90 Å². The van der Waals surface area contributed by atoms with Gasteiger partial charge in [-0.15, -0.1) is 0 Å². The van der Waals surface area contributed by atoms with E-state index in [-0.39, 0.29) is 74.2 Å². The van der Waals surface area contributed by atoms with Crippen molar-refractivity contribution < 1.29 is 36.8 Å². The van der Waals surface area contributed by atoms with E-state index < -0.39 is 11.8 Å². The predicted octanol–water partition coefficient (Wildman–Crippen LogP) is 19.7. The molecule has 0 aliphatic carbocycles. The quantitative estimate of drug-likeness (QED) is 0.0637. The molecule has 83 heavy (non-hydrogen) atoms. The number of imide groups is 1. The molecule has 0 N–H and O–H groups in total. The van der Waals surface area contributed by atoms with Crippen LogP contribution in [0.4, 0.5) is 11.4 Å². The summed E-state index contributed by atoms with van der Waals surface area (Å²) in [7, 11) is 1.79. The molecule has 0 atom stereocenters. The van der Waals surface area contributed by atoms with Gasteiger partial charge >= 0.3 is 0 Å². The number of rotatable bonds is 8. The highest BCUT2D eigenvalue weighted by Gasteiger charge is 2.41. The molecule has 2 aromatic heterocycles. The number of carbonyl (C=O) groups excluding carboxylic acids is 4. The van der Waals surface area contributed by atoms with Crippen molar-refractivity contribution in [2.45, 2.75) is 79.1 Å². The number of fused-ring (bicyclic) bond motifs is 6. The van der Waals surface area contributed by atoms with Gasteiger partial charge in [0.25, 0.3) is 17.7 Å². The number of hydrogen-bond acceptors (Lipinski definition) is 8. The molecule has 0 fully saturated rings. The summed E-state index contributed by atoms with van der Waals surface area (Å²) < 4.78 is 29.6. The molecule has 0 saturated heterocycles. The van der Waals surface area contributed by atoms with Gasteiger partial charge < -0.3 is 22.6 Å². The normalized spacial score (nSPS) is 13.0. The number of carbonyl (C=O) groups is 4. The second-order valence-electron chi connectivity index (χ2n) is 23.2. The largest absolute Gasteiger partial charge is 0.456 e. The molecular weight excluding hydrogens is 1030 g/mol. The zero-order valence-electron chi connectivity index (χ0n) is 47.6. The van der Waals surface area contributed by atoms with Crippen LogP contribution >= 0.6 is 0 Å². The topological polar surface area (TPSA) is 127 Å². The fraction of sp³-hybridized carbons (Fsp3) is 0.178. The first-order valence-corrected chi connectivity index (χ1v) is 28.5. The van der Waals surface area contributed by atoms with Gasteiger partial charge in [0.2, 0.25) is 0 Å². The number of benzene rings is 11. The molecule has 13 aromatic rings. The van der Waals surface area contributed by atoms with Crippen molar-refractivity contribution in [3.05, 3.63) is 202 Å². The summed E-state index contributed by atoms with van der Waals surface area (Å²) >= 11 is 0. The first kappa shape index (κ1) is 51.4. The monoisotopic (exact) mass is 1090 g/mol. The lowest BCUT2D eigenvalue weighted by Gasteiger charge is -2.33. The molecule has 0 radical (unpaired) electrons. The highest BCUT2D eigenvalue weighted by Crippen LogP contribution is 2.53. The van der Waals surface area contributed by atoms with Crippen LogP contribution in [0.3, 0.4) is 0 Å². The third-order valence-electron chi connectivity index (χ3n) is 17.0. The standard InChI is InChI=1S/C73H58N2O8/c1-37(2)42-24-18-25-43(38(3)4)69(42)74(9)71(77)50-33-58-64-66-60(83-56-31-17-13-23-49(56)48-22-12-15-29-54(48)81-58)35-52-62-51(72(78)75(73(52)79)70-44(39(5)6)26-19-27-45(70)40(7)8)34-59-65(68(62)66)63-57(32-41(36-76)61(50)67(63)64)80-53-28-14-10-20-46(53)47-21-11-16-30-55(47)82-59/h10-40H,1-9H3. The lowest BCUT2D eigenvalue weighted by molar-refractivity contribution is 0.0891. The SMILES string of the molecule is CC(C)c1cccc(C(C)C)c1N(C)C(=O)c1cc2oc3ccccc3c3ccccc3oc3cc4c5c(cc6oc7ccccc7c7ccccc7oc7cc(C=O)c1c1c7c6c5c3c21)C(=O)N(c1c(C(C)C)cccc1C(C)C)C4=O. The van der Waals surface area contributed by atoms with Crippen molar-refractivity contribution in [2.75, 3.05) is 16.8 Å². The van der Waals surface area contributed by atoms with Crippen molar-refractivity contribution in [2.24, 2.45) is 0 Å². The summed E-state index contributed by atoms with van der Waals surface area (Å²) in [6, 6.07) is 49.7. The van der Waals surface area contributed by atoms with E-state index in [4.69, 9.17) is 17.7 Å². The van der Waals surface area contributed by atoms with Gasteiger partial charge in [-0.25, -0.2) is 4.90 Å². The van der Waals surface area contributed by atoms with Crippen LogP contribution in [0.25, 0.3) is 109 Å². The maximum atomic E-state index is 16.3. The van der Waals surface area contributed by atoms with Gasteiger partial charge in [-0.2, -0.15) is 0 Å². The van der Waals surface area contributed by atoms with Gasteiger partial charge in [-0.3, -0.25) is 19.2 Å². The van der Waals surface area contributed by atoms with Gasteiger partial charge in [-0.1, -0.05) is 165 Å². The molecule has 1 aliphatic heterocycles. The summed E-state index contributed by atoms with van der Waals surface area (Å²) in [4.78, 5) is 66.0. The highest BCUT2D eigenvalue weighted by atomic mass is 16.3. The Morgan fingerprint density at radius 1 is 0.410 bits per heavy atom. The summed E-state index contributed by atoms with van der Waals surface area (Å²) in [5, 5.41) is 6.31. The van der Waals surface area contributed by atoms with E-state index in [1.807, 2.05) is 121 Å². The van der Waals surface area contributed by atoms with Crippen LogP contribution in [0.5, 0.6) is 0 Å². The Bertz CT molecular complexity index is 4970. The van der Waals surface area contributed by atoms with Crippen molar-refractivity contribution in [3.8, 4) is 0 Å². The molecule has 11 aromatic carbocycles. The summed E-state index contributed by atoms with van der Waals surface area (Å²) in [5.74, 6) is -1.43. The third-order valence-corrected chi connectivity index (χ3v) is 17.0. The Morgan fingerprint density at radius 2 is 0.759 bits per heavy atom. The lowest BCUT2D eigenvalue weighted by Crippen LogP contribution is -2.41. The minimum absolute atomic E-state index is 0.0550. The van der Waals surface area contributed by atoms with E-state index >= 15 is 14.4 Å². The summed E-state index contributed by atoms with van der Waals surface area (Å²) in [6.45, 7) is 16.7. The van der Waals surface area contributed by atoms with E-state index in [9.17, 15) is 4.79 Å². The molecular formula is C73H58N2O8. The number of hydrogen-bond donors (Lipinski definition) is 0. The van der Waals surface area contributed by atoms with Crippen molar-refractivity contribution in [1.82, 2.24) is 0 Å². The van der Waals surface area contributed by atoms with E-state index in [1.54, 1.807) is 36.2 Å². The predicted molar refractivity (Wildman–Crippen MR) is 336 cm³/mol. The molecule has 3 heterocycles. The smallest absolute Gasteiger partial charge is 0.266 e.